The van der Waals surface area contributed by atoms with Gasteiger partial charge in [0.1, 0.15) is 9.96 Å². The average molecular weight is 281 g/mol. The highest BCUT2D eigenvalue weighted by Gasteiger charge is 2.21. The molecule has 2 aromatic rings. The number of hydrogen-bond acceptors (Lipinski definition) is 4. The van der Waals surface area contributed by atoms with Gasteiger partial charge in [-0.25, -0.2) is 8.42 Å². The van der Waals surface area contributed by atoms with Crippen LogP contribution in [0.15, 0.2) is 39.9 Å². The highest BCUT2D eigenvalue weighted by Crippen LogP contribution is 2.35. The van der Waals surface area contributed by atoms with Crippen molar-refractivity contribution >= 4 is 27.0 Å². The van der Waals surface area contributed by atoms with E-state index in [2.05, 4.69) is 4.72 Å². The van der Waals surface area contributed by atoms with Crippen molar-refractivity contribution in [2.24, 2.45) is 0 Å². The molecule has 0 amide bonds. The van der Waals surface area contributed by atoms with Crippen LogP contribution in [0.3, 0.4) is 0 Å². The van der Waals surface area contributed by atoms with Gasteiger partial charge in [-0.2, -0.15) is 0 Å². The maximum atomic E-state index is 12.1. The first kappa shape index (κ1) is 11.6. The molecule has 0 unspecified atom stereocenters. The number of anilines is 1. The van der Waals surface area contributed by atoms with Gasteiger partial charge in [-0.3, -0.25) is 4.72 Å². The fraction of sp³-hybridized carbons (Fsp3) is 0.167. The molecule has 94 valence electrons. The molecule has 0 radical (unpaired) electrons. The lowest BCUT2D eigenvalue weighted by Gasteiger charge is -2.10. The molecule has 0 saturated heterocycles. The third kappa shape index (κ3) is 1.97. The summed E-state index contributed by atoms with van der Waals surface area (Å²) in [6, 6.07) is 8.79. The molecular weight excluding hydrogens is 270 g/mol. The molecule has 1 aliphatic heterocycles. The smallest absolute Gasteiger partial charge is 0.271 e. The molecule has 0 saturated carbocycles. The third-order valence-corrected chi connectivity index (χ3v) is 5.48. The van der Waals surface area contributed by atoms with Crippen molar-refractivity contribution in [3.8, 4) is 5.75 Å². The monoisotopic (exact) mass is 281 g/mol. The molecule has 0 aliphatic carbocycles. The van der Waals surface area contributed by atoms with Crippen LogP contribution in [0.5, 0.6) is 5.75 Å². The molecular formula is C12H11NO3S2. The molecule has 0 fully saturated rings. The van der Waals surface area contributed by atoms with Crippen molar-refractivity contribution in [1.29, 1.82) is 0 Å². The minimum absolute atomic E-state index is 0.304. The highest BCUT2D eigenvalue weighted by molar-refractivity contribution is 7.94. The van der Waals surface area contributed by atoms with Gasteiger partial charge in [0.05, 0.1) is 12.3 Å². The van der Waals surface area contributed by atoms with Crippen LogP contribution < -0.4 is 9.46 Å². The van der Waals surface area contributed by atoms with Crippen LogP contribution in [-0.4, -0.2) is 15.0 Å². The van der Waals surface area contributed by atoms with Crippen molar-refractivity contribution < 1.29 is 13.2 Å². The molecule has 1 aromatic heterocycles. The van der Waals surface area contributed by atoms with Crippen LogP contribution in [-0.2, 0) is 16.4 Å². The second kappa shape index (κ2) is 4.29. The average Bonchev–Trinajstić information content (AvgIpc) is 3.00. The topological polar surface area (TPSA) is 55.4 Å². The number of thiophene rings is 1. The van der Waals surface area contributed by atoms with Crippen LogP contribution in [0.1, 0.15) is 5.56 Å². The van der Waals surface area contributed by atoms with E-state index in [0.29, 0.717) is 22.3 Å². The van der Waals surface area contributed by atoms with E-state index in [0.717, 1.165) is 12.0 Å². The van der Waals surface area contributed by atoms with Gasteiger partial charge in [0.15, 0.2) is 0 Å². The first-order chi connectivity index (χ1) is 8.67. The number of ether oxygens (including phenoxy) is 1. The Kier molecular flexibility index (Phi) is 2.76. The van der Waals surface area contributed by atoms with Gasteiger partial charge in [-0.1, -0.05) is 18.2 Å². The summed E-state index contributed by atoms with van der Waals surface area (Å²) in [6.45, 7) is 0.604. The van der Waals surface area contributed by atoms with E-state index in [1.54, 1.807) is 23.6 Å². The quantitative estimate of drug-likeness (QED) is 0.940. The minimum Gasteiger partial charge on any atom is -0.491 e. The van der Waals surface area contributed by atoms with E-state index >= 15 is 0 Å². The van der Waals surface area contributed by atoms with Crippen molar-refractivity contribution in [2.75, 3.05) is 11.3 Å². The Bertz CT molecular complexity index is 663. The summed E-state index contributed by atoms with van der Waals surface area (Å²) in [6.07, 6.45) is 0.823. The Balaban J connectivity index is 1.97. The number of nitrogens with one attached hydrogen (secondary N) is 1. The molecule has 18 heavy (non-hydrogen) atoms. The van der Waals surface area contributed by atoms with Gasteiger partial charge in [0.25, 0.3) is 10.0 Å². The molecule has 2 heterocycles. The fourth-order valence-electron chi connectivity index (χ4n) is 1.91. The van der Waals surface area contributed by atoms with E-state index in [4.69, 9.17) is 4.74 Å². The summed E-state index contributed by atoms with van der Waals surface area (Å²) in [5, 5.41) is 1.74. The number of hydrogen-bond donors (Lipinski definition) is 1. The lowest BCUT2D eigenvalue weighted by atomic mass is 10.1. The minimum atomic E-state index is -3.50. The van der Waals surface area contributed by atoms with Crippen LogP contribution in [0.4, 0.5) is 5.69 Å². The first-order valence-electron chi connectivity index (χ1n) is 5.48. The predicted octanol–water partition coefficient (Wildman–Crippen LogP) is 2.48. The Morgan fingerprint density at radius 1 is 1.22 bits per heavy atom. The van der Waals surface area contributed by atoms with Gasteiger partial charge in [-0.15, -0.1) is 11.3 Å². The van der Waals surface area contributed by atoms with Gasteiger partial charge >= 0.3 is 0 Å². The molecule has 1 N–H and O–H groups in total. The van der Waals surface area contributed by atoms with Crippen LogP contribution in [0.25, 0.3) is 0 Å². The van der Waals surface area contributed by atoms with E-state index in [1.165, 1.54) is 11.3 Å². The molecule has 0 atom stereocenters. The summed E-state index contributed by atoms with van der Waals surface area (Å²) in [7, 11) is -3.50. The van der Waals surface area contributed by atoms with E-state index in [-0.39, 0.29) is 0 Å². The standard InChI is InChI=1S/C12H11NO3S2/c14-18(15,11-5-2-8-17-11)13-10-4-1-3-9-6-7-16-12(9)10/h1-5,8,13H,6-7H2. The lowest BCUT2D eigenvalue weighted by molar-refractivity contribution is 0.358. The molecule has 6 heteroatoms. The number of sulfonamides is 1. The van der Waals surface area contributed by atoms with Gasteiger partial charge in [0.2, 0.25) is 0 Å². The van der Waals surface area contributed by atoms with Gasteiger partial charge in [-0.05, 0) is 23.1 Å². The SMILES string of the molecule is O=S(=O)(Nc1cccc2c1OCC2)c1cccs1. The second-order valence-corrected chi connectivity index (χ2v) is 6.79. The van der Waals surface area contributed by atoms with Gasteiger partial charge < -0.3 is 4.74 Å². The zero-order valence-electron chi connectivity index (χ0n) is 9.42. The number of benzene rings is 1. The number of para-hydroxylation sites is 1. The Morgan fingerprint density at radius 3 is 2.89 bits per heavy atom. The second-order valence-electron chi connectivity index (χ2n) is 3.93. The van der Waals surface area contributed by atoms with E-state index in [1.807, 2.05) is 12.1 Å². The summed E-state index contributed by atoms with van der Waals surface area (Å²) < 4.78 is 32.6. The molecule has 0 spiro atoms. The van der Waals surface area contributed by atoms with Crippen LogP contribution in [0.2, 0.25) is 0 Å². The zero-order chi connectivity index (χ0) is 12.6. The Hall–Kier alpha value is -1.53. The van der Waals surface area contributed by atoms with Crippen molar-refractivity contribution in [2.45, 2.75) is 10.6 Å². The van der Waals surface area contributed by atoms with Gasteiger partial charge in [0, 0.05) is 6.42 Å². The maximum absolute atomic E-state index is 12.1. The zero-order valence-corrected chi connectivity index (χ0v) is 11.1. The summed E-state index contributed by atoms with van der Waals surface area (Å²) in [5.74, 6) is 0.651. The van der Waals surface area contributed by atoms with Crippen molar-refractivity contribution in [1.82, 2.24) is 0 Å². The fourth-order valence-corrected chi connectivity index (χ4v) is 3.96. The molecule has 1 aliphatic rings. The number of rotatable bonds is 3. The first-order valence-corrected chi connectivity index (χ1v) is 7.84. The summed E-state index contributed by atoms with van der Waals surface area (Å²) in [4.78, 5) is 0. The van der Waals surface area contributed by atoms with Crippen molar-refractivity contribution in [3.63, 3.8) is 0 Å². The number of fused-ring (bicyclic) bond motifs is 1. The molecule has 0 bridgehead atoms. The molecule has 3 rings (SSSR count). The largest absolute Gasteiger partial charge is 0.491 e. The third-order valence-electron chi connectivity index (χ3n) is 2.72. The molecule has 4 nitrogen and oxygen atoms in total. The normalized spacial score (nSPS) is 14.0. The summed E-state index contributed by atoms with van der Waals surface area (Å²) >= 11 is 1.19. The maximum Gasteiger partial charge on any atom is 0.271 e. The summed E-state index contributed by atoms with van der Waals surface area (Å²) in [5.41, 5.74) is 1.56. The highest BCUT2D eigenvalue weighted by atomic mass is 32.2. The Labute approximate surface area is 109 Å². The molecule has 1 aromatic carbocycles. The van der Waals surface area contributed by atoms with E-state index in [9.17, 15) is 8.42 Å². The van der Waals surface area contributed by atoms with Crippen molar-refractivity contribution in [3.05, 3.63) is 41.3 Å². The Morgan fingerprint density at radius 2 is 2.11 bits per heavy atom. The van der Waals surface area contributed by atoms with E-state index < -0.39 is 10.0 Å². The predicted molar refractivity (Wildman–Crippen MR) is 70.8 cm³/mol. The lowest BCUT2D eigenvalue weighted by Crippen LogP contribution is -2.12. The van der Waals surface area contributed by atoms with Crippen LogP contribution in [0, 0.1) is 0 Å². The van der Waals surface area contributed by atoms with Crippen LogP contribution >= 0.6 is 11.3 Å².